The van der Waals surface area contributed by atoms with Crippen molar-refractivity contribution in [2.45, 2.75) is 75.1 Å². The number of alkyl carbamates (subject to hydrolysis) is 1. The average Bonchev–Trinajstić information content (AvgIpc) is 3.15. The van der Waals surface area contributed by atoms with Crippen LogP contribution < -0.4 is 15.5 Å². The van der Waals surface area contributed by atoms with Crippen LogP contribution in [0.5, 0.6) is 0 Å². The predicted molar refractivity (Wildman–Crippen MR) is 144 cm³/mol. The Bertz CT molecular complexity index is 1430. The Balaban J connectivity index is 1.72. The van der Waals surface area contributed by atoms with Crippen LogP contribution in [0.2, 0.25) is 5.02 Å². The highest BCUT2D eigenvalue weighted by molar-refractivity contribution is 7.91. The normalized spacial score (nSPS) is 21.8. The lowest BCUT2D eigenvalue weighted by molar-refractivity contribution is -0.120. The third-order valence-electron chi connectivity index (χ3n) is 6.48. The maximum Gasteiger partial charge on any atom is 0.408 e. The van der Waals surface area contributed by atoms with Gasteiger partial charge in [-0.05, 0) is 63.1 Å². The van der Waals surface area contributed by atoms with E-state index in [1.54, 1.807) is 45.0 Å². The molecule has 0 aromatic heterocycles. The number of ether oxygens (including phenoxy) is 1. The van der Waals surface area contributed by atoms with Crippen LogP contribution in [0.15, 0.2) is 47.4 Å². The first-order valence-electron chi connectivity index (χ1n) is 12.6. The van der Waals surface area contributed by atoms with Crippen molar-refractivity contribution in [2.24, 2.45) is 0 Å². The van der Waals surface area contributed by atoms with Gasteiger partial charge < -0.3 is 20.3 Å². The van der Waals surface area contributed by atoms with Gasteiger partial charge >= 0.3 is 6.09 Å². The zero-order chi connectivity index (χ0) is 29.5. The molecule has 0 unspecified atom stereocenters. The van der Waals surface area contributed by atoms with Gasteiger partial charge in [0.15, 0.2) is 9.84 Å². The quantitative estimate of drug-likeness (QED) is 0.524. The van der Waals surface area contributed by atoms with Crippen LogP contribution in [0.3, 0.4) is 0 Å². The molecule has 2 atom stereocenters. The summed E-state index contributed by atoms with van der Waals surface area (Å²) in [7, 11) is -4.15. The van der Waals surface area contributed by atoms with Crippen molar-refractivity contribution in [3.63, 3.8) is 0 Å². The summed E-state index contributed by atoms with van der Waals surface area (Å²) in [6.45, 7) is 4.77. The van der Waals surface area contributed by atoms with E-state index in [1.807, 2.05) is 0 Å². The summed E-state index contributed by atoms with van der Waals surface area (Å²) in [5.41, 5.74) is -0.370. The lowest BCUT2D eigenvalue weighted by atomic mass is 10.1. The summed E-state index contributed by atoms with van der Waals surface area (Å²) >= 11 is 5.99. The molecule has 2 aliphatic rings. The van der Waals surface area contributed by atoms with Crippen LogP contribution in [0.1, 0.15) is 56.0 Å². The molecule has 0 saturated heterocycles. The second-order valence-corrected chi connectivity index (χ2v) is 13.4. The van der Waals surface area contributed by atoms with E-state index >= 15 is 0 Å². The van der Waals surface area contributed by atoms with Crippen molar-refractivity contribution in [1.29, 1.82) is 0 Å². The first kappa shape index (κ1) is 29.7. The first-order chi connectivity index (χ1) is 18.5. The molecule has 2 aromatic carbocycles. The Morgan fingerprint density at radius 2 is 1.80 bits per heavy atom. The van der Waals surface area contributed by atoms with E-state index in [-0.39, 0.29) is 35.5 Å². The SMILES string of the molecule is CC(C)(C)OC(=O)N[C@H]1CS(=O)(=O)c2ccc(C(=O)N[C@@H]3CCC(F)(F)C3)cc2N(Cc2ccc(Cl)cc2)C1=O. The number of rotatable bonds is 5. The molecular formula is C27H30ClF2N3O6S. The molecule has 40 heavy (non-hydrogen) atoms. The van der Waals surface area contributed by atoms with Gasteiger partial charge in [0, 0.05) is 29.5 Å². The summed E-state index contributed by atoms with van der Waals surface area (Å²) in [4.78, 5) is 40.2. The Labute approximate surface area is 236 Å². The van der Waals surface area contributed by atoms with Crippen molar-refractivity contribution in [3.05, 3.63) is 58.6 Å². The van der Waals surface area contributed by atoms with Gasteiger partial charge in [-0.2, -0.15) is 0 Å². The number of carbonyl (C=O) groups is 3. The number of sulfone groups is 1. The third-order valence-corrected chi connectivity index (χ3v) is 8.52. The molecule has 1 aliphatic heterocycles. The zero-order valence-corrected chi connectivity index (χ0v) is 23.7. The second kappa shape index (κ2) is 11.0. The molecule has 2 N–H and O–H groups in total. The number of anilines is 1. The third kappa shape index (κ3) is 7.08. The Morgan fingerprint density at radius 3 is 2.40 bits per heavy atom. The lowest BCUT2D eigenvalue weighted by Gasteiger charge is -2.27. The molecule has 2 aromatic rings. The fourth-order valence-electron chi connectivity index (χ4n) is 4.65. The van der Waals surface area contributed by atoms with Crippen LogP contribution in [-0.4, -0.2) is 55.7 Å². The minimum absolute atomic E-state index is 0.00313. The summed E-state index contributed by atoms with van der Waals surface area (Å²) in [6.07, 6.45) is -1.68. The number of fused-ring (bicyclic) bond motifs is 1. The molecule has 0 bridgehead atoms. The first-order valence-corrected chi connectivity index (χ1v) is 14.7. The number of nitrogens with zero attached hydrogens (tertiary/aromatic N) is 1. The molecule has 216 valence electrons. The molecule has 9 nitrogen and oxygen atoms in total. The van der Waals surface area contributed by atoms with E-state index in [2.05, 4.69) is 10.6 Å². The maximum atomic E-state index is 13.8. The van der Waals surface area contributed by atoms with E-state index in [9.17, 15) is 31.6 Å². The van der Waals surface area contributed by atoms with Gasteiger partial charge in [-0.1, -0.05) is 23.7 Å². The molecule has 1 aliphatic carbocycles. The van der Waals surface area contributed by atoms with E-state index < -0.39 is 63.5 Å². The highest BCUT2D eigenvalue weighted by atomic mass is 35.5. The number of alkyl halides is 2. The minimum atomic E-state index is -4.15. The molecule has 4 rings (SSSR count). The molecule has 3 amide bonds. The van der Waals surface area contributed by atoms with Crippen molar-refractivity contribution < 1.29 is 36.3 Å². The van der Waals surface area contributed by atoms with Crippen LogP contribution in [0, 0.1) is 0 Å². The molecule has 0 radical (unpaired) electrons. The van der Waals surface area contributed by atoms with E-state index in [4.69, 9.17) is 16.3 Å². The monoisotopic (exact) mass is 597 g/mol. The minimum Gasteiger partial charge on any atom is -0.444 e. The zero-order valence-electron chi connectivity index (χ0n) is 22.2. The van der Waals surface area contributed by atoms with E-state index in [1.165, 1.54) is 23.1 Å². The molecule has 13 heteroatoms. The van der Waals surface area contributed by atoms with Crippen LogP contribution >= 0.6 is 11.6 Å². The fourth-order valence-corrected chi connectivity index (χ4v) is 6.38. The fraction of sp³-hybridized carbons (Fsp3) is 0.444. The Kier molecular flexibility index (Phi) is 8.15. The van der Waals surface area contributed by atoms with Gasteiger partial charge in [-0.3, -0.25) is 9.59 Å². The Morgan fingerprint density at radius 1 is 1.12 bits per heavy atom. The number of hydrogen-bond donors (Lipinski definition) is 2. The summed E-state index contributed by atoms with van der Waals surface area (Å²) in [5.74, 6) is -5.01. The van der Waals surface area contributed by atoms with E-state index in [0.717, 1.165) is 0 Å². The standard InChI is InChI=1S/C27H30ClF2N3O6S/c1-26(2,3)39-25(36)32-20-15-40(37,38)22-9-6-17(23(34)31-19-10-11-27(29,30)13-19)12-21(22)33(24(20)35)14-16-4-7-18(28)8-5-16/h4-9,12,19-20H,10-11,13-15H2,1-3H3,(H,31,34)(H,32,36)/t19-,20+/m1/s1. The molecule has 1 fully saturated rings. The number of nitrogens with one attached hydrogen (secondary N) is 2. The average molecular weight is 598 g/mol. The predicted octanol–water partition coefficient (Wildman–Crippen LogP) is 4.47. The van der Waals surface area contributed by atoms with Crippen LogP contribution in [0.25, 0.3) is 0 Å². The molecule has 1 heterocycles. The van der Waals surface area contributed by atoms with Crippen molar-refractivity contribution >= 4 is 45.0 Å². The summed E-state index contributed by atoms with van der Waals surface area (Å²) in [5, 5.41) is 5.40. The Hall–Kier alpha value is -3.25. The van der Waals surface area contributed by atoms with E-state index in [0.29, 0.717) is 10.6 Å². The molecule has 1 saturated carbocycles. The number of carbonyl (C=O) groups excluding carboxylic acids is 3. The van der Waals surface area contributed by atoms with Gasteiger partial charge in [-0.15, -0.1) is 0 Å². The lowest BCUT2D eigenvalue weighted by Crippen LogP contribution is -2.51. The van der Waals surface area contributed by atoms with Gasteiger partial charge in [-0.25, -0.2) is 22.0 Å². The number of amides is 3. The largest absolute Gasteiger partial charge is 0.444 e. The second-order valence-electron chi connectivity index (χ2n) is 11.0. The number of benzene rings is 2. The topological polar surface area (TPSA) is 122 Å². The van der Waals surface area contributed by atoms with Crippen molar-refractivity contribution in [2.75, 3.05) is 10.7 Å². The van der Waals surface area contributed by atoms with Crippen molar-refractivity contribution in [1.82, 2.24) is 10.6 Å². The smallest absolute Gasteiger partial charge is 0.408 e. The van der Waals surface area contributed by atoms with Gasteiger partial charge in [0.1, 0.15) is 11.6 Å². The highest BCUT2D eigenvalue weighted by Gasteiger charge is 2.41. The van der Waals surface area contributed by atoms with Crippen LogP contribution in [0.4, 0.5) is 19.3 Å². The maximum absolute atomic E-state index is 13.8. The molecular weight excluding hydrogens is 568 g/mol. The van der Waals surface area contributed by atoms with Gasteiger partial charge in [0.05, 0.1) is 22.9 Å². The highest BCUT2D eigenvalue weighted by Crippen LogP contribution is 2.36. The van der Waals surface area contributed by atoms with Gasteiger partial charge in [0.2, 0.25) is 5.92 Å². The number of halogens is 3. The summed E-state index contributed by atoms with van der Waals surface area (Å²) < 4.78 is 59.3. The number of hydrogen-bond acceptors (Lipinski definition) is 6. The van der Waals surface area contributed by atoms with Crippen LogP contribution in [-0.2, 0) is 25.9 Å². The van der Waals surface area contributed by atoms with Gasteiger partial charge in [0.25, 0.3) is 11.8 Å². The summed E-state index contributed by atoms with van der Waals surface area (Å²) in [6, 6.07) is 8.02. The molecule has 0 spiro atoms. The van der Waals surface area contributed by atoms with Crippen molar-refractivity contribution in [3.8, 4) is 0 Å².